The smallest absolute Gasteiger partial charge is 0.0548 e. The highest BCUT2D eigenvalue weighted by Gasteiger charge is 2.07. The third-order valence-electron chi connectivity index (χ3n) is 2.68. The van der Waals surface area contributed by atoms with Gasteiger partial charge in [0.15, 0.2) is 0 Å². The number of hydrogen-bond acceptors (Lipinski definition) is 2. The van der Waals surface area contributed by atoms with Gasteiger partial charge in [0.05, 0.1) is 5.69 Å². The van der Waals surface area contributed by atoms with E-state index >= 15 is 0 Å². The quantitative estimate of drug-likeness (QED) is 0.606. The highest BCUT2D eigenvalue weighted by atomic mass is 15.4. The average molecular weight is 206 g/mol. The number of benzene rings is 1. The Balaban J connectivity index is 3.09. The third-order valence-corrected chi connectivity index (χ3v) is 2.68. The van der Waals surface area contributed by atoms with Crippen molar-refractivity contribution in [3.63, 3.8) is 0 Å². The summed E-state index contributed by atoms with van der Waals surface area (Å²) in [6.07, 6.45) is 2.25. The van der Waals surface area contributed by atoms with Crippen LogP contribution < -0.4 is 10.9 Å². The second-order valence-corrected chi connectivity index (χ2v) is 4.40. The molecule has 0 radical (unpaired) electrons. The van der Waals surface area contributed by atoms with E-state index in [9.17, 15) is 0 Å². The summed E-state index contributed by atoms with van der Waals surface area (Å²) >= 11 is 0. The van der Waals surface area contributed by atoms with Crippen LogP contribution in [0.5, 0.6) is 0 Å². The van der Waals surface area contributed by atoms with Gasteiger partial charge in [-0.1, -0.05) is 39.3 Å². The molecule has 1 aromatic carbocycles. The zero-order valence-corrected chi connectivity index (χ0v) is 10.2. The summed E-state index contributed by atoms with van der Waals surface area (Å²) in [7, 11) is 1.90. The van der Waals surface area contributed by atoms with Gasteiger partial charge in [-0.2, -0.15) is 0 Å². The molecule has 2 heteroatoms. The lowest BCUT2D eigenvalue weighted by Gasteiger charge is -2.19. The Bertz CT molecular complexity index is 316. The maximum Gasteiger partial charge on any atom is 0.0548 e. The van der Waals surface area contributed by atoms with Crippen molar-refractivity contribution in [1.82, 2.24) is 0 Å². The number of aryl methyl sites for hydroxylation is 1. The molecule has 0 saturated carbocycles. The van der Waals surface area contributed by atoms with Gasteiger partial charge in [0.25, 0.3) is 0 Å². The fourth-order valence-electron chi connectivity index (χ4n) is 1.75. The summed E-state index contributed by atoms with van der Waals surface area (Å²) in [5.74, 6) is 6.40. The molecular weight excluding hydrogens is 184 g/mol. The highest BCUT2D eigenvalue weighted by Crippen LogP contribution is 2.25. The topological polar surface area (TPSA) is 29.3 Å². The van der Waals surface area contributed by atoms with Crippen LogP contribution in [0.2, 0.25) is 0 Å². The number of hydrazine groups is 1. The minimum atomic E-state index is 0.555. The maximum absolute atomic E-state index is 5.85. The van der Waals surface area contributed by atoms with Crippen molar-refractivity contribution in [2.24, 2.45) is 5.84 Å². The Morgan fingerprint density at radius 3 is 2.47 bits per heavy atom. The van der Waals surface area contributed by atoms with Crippen LogP contribution in [0.4, 0.5) is 5.69 Å². The fraction of sp³-hybridized carbons (Fsp3) is 0.538. The van der Waals surface area contributed by atoms with Crippen LogP contribution >= 0.6 is 0 Å². The lowest BCUT2D eigenvalue weighted by Crippen LogP contribution is -2.26. The predicted octanol–water partition coefficient (Wildman–Crippen LogP) is 3.07. The van der Waals surface area contributed by atoms with Crippen molar-refractivity contribution in [2.75, 3.05) is 12.1 Å². The molecular formula is C13H22N2. The molecule has 0 aliphatic rings. The van der Waals surface area contributed by atoms with Crippen molar-refractivity contribution < 1.29 is 0 Å². The first-order valence-corrected chi connectivity index (χ1v) is 5.67. The maximum atomic E-state index is 5.85. The van der Waals surface area contributed by atoms with E-state index in [4.69, 9.17) is 5.84 Å². The standard InChI is InChI=1S/C13H22N2/c1-5-6-11-7-8-12(10(2)3)9-13(11)15(4)14/h7-10H,5-6,14H2,1-4H3. The predicted molar refractivity (Wildman–Crippen MR) is 67.1 cm³/mol. The summed E-state index contributed by atoms with van der Waals surface area (Å²) in [6, 6.07) is 6.62. The third kappa shape index (κ3) is 2.96. The van der Waals surface area contributed by atoms with Crippen molar-refractivity contribution in [2.45, 2.75) is 39.5 Å². The molecule has 0 fully saturated rings. The van der Waals surface area contributed by atoms with Crippen molar-refractivity contribution in [3.05, 3.63) is 29.3 Å². The highest BCUT2D eigenvalue weighted by molar-refractivity contribution is 5.54. The first kappa shape index (κ1) is 12.1. The molecule has 0 aliphatic heterocycles. The molecule has 2 N–H and O–H groups in total. The Labute approximate surface area is 93.1 Å². The Morgan fingerprint density at radius 1 is 1.33 bits per heavy atom. The molecule has 0 amide bonds. The summed E-state index contributed by atoms with van der Waals surface area (Å²) in [4.78, 5) is 0. The molecule has 0 spiro atoms. The second-order valence-electron chi connectivity index (χ2n) is 4.40. The second kappa shape index (κ2) is 5.17. The molecule has 0 aliphatic carbocycles. The van der Waals surface area contributed by atoms with Crippen molar-refractivity contribution in [3.8, 4) is 0 Å². The molecule has 0 heterocycles. The SMILES string of the molecule is CCCc1ccc(C(C)C)cc1N(C)N. The first-order chi connectivity index (χ1) is 7.06. The normalized spacial score (nSPS) is 10.8. The van der Waals surface area contributed by atoms with Crippen LogP contribution in [-0.2, 0) is 6.42 Å². The monoisotopic (exact) mass is 206 g/mol. The van der Waals surface area contributed by atoms with E-state index < -0.39 is 0 Å². The Morgan fingerprint density at radius 2 is 2.00 bits per heavy atom. The van der Waals surface area contributed by atoms with Crippen LogP contribution in [0.3, 0.4) is 0 Å². The summed E-state index contributed by atoms with van der Waals surface area (Å²) in [5, 5.41) is 1.72. The molecule has 1 aromatic rings. The van der Waals surface area contributed by atoms with Gasteiger partial charge in [-0.05, 0) is 29.5 Å². The van der Waals surface area contributed by atoms with Crippen LogP contribution in [0, 0.1) is 0 Å². The average Bonchev–Trinajstić information content (AvgIpc) is 2.18. The molecule has 15 heavy (non-hydrogen) atoms. The summed E-state index contributed by atoms with van der Waals surface area (Å²) in [5.41, 5.74) is 3.84. The lowest BCUT2D eigenvalue weighted by atomic mass is 9.98. The Kier molecular flexibility index (Phi) is 4.15. The number of rotatable bonds is 4. The number of anilines is 1. The van der Waals surface area contributed by atoms with E-state index in [1.165, 1.54) is 11.1 Å². The van der Waals surface area contributed by atoms with Gasteiger partial charge in [-0.3, -0.25) is 0 Å². The van der Waals surface area contributed by atoms with E-state index in [1.807, 2.05) is 7.05 Å². The minimum Gasteiger partial charge on any atom is -0.314 e. The zero-order valence-electron chi connectivity index (χ0n) is 10.2. The molecule has 0 unspecified atom stereocenters. The largest absolute Gasteiger partial charge is 0.314 e. The van der Waals surface area contributed by atoms with E-state index in [-0.39, 0.29) is 0 Å². The van der Waals surface area contributed by atoms with E-state index in [1.54, 1.807) is 5.01 Å². The van der Waals surface area contributed by atoms with Gasteiger partial charge in [-0.25, -0.2) is 5.84 Å². The van der Waals surface area contributed by atoms with Gasteiger partial charge in [0, 0.05) is 7.05 Å². The van der Waals surface area contributed by atoms with Gasteiger partial charge >= 0.3 is 0 Å². The van der Waals surface area contributed by atoms with E-state index in [0.717, 1.165) is 18.5 Å². The molecule has 1 rings (SSSR count). The number of nitrogens with two attached hydrogens (primary N) is 1. The molecule has 84 valence electrons. The zero-order chi connectivity index (χ0) is 11.4. The van der Waals surface area contributed by atoms with Gasteiger partial charge in [0.2, 0.25) is 0 Å². The molecule has 2 nitrogen and oxygen atoms in total. The van der Waals surface area contributed by atoms with E-state index in [0.29, 0.717) is 5.92 Å². The van der Waals surface area contributed by atoms with Crippen LogP contribution in [0.15, 0.2) is 18.2 Å². The van der Waals surface area contributed by atoms with Gasteiger partial charge in [-0.15, -0.1) is 0 Å². The minimum absolute atomic E-state index is 0.555. The van der Waals surface area contributed by atoms with Gasteiger partial charge < -0.3 is 5.01 Å². The molecule has 0 atom stereocenters. The van der Waals surface area contributed by atoms with Gasteiger partial charge in [0.1, 0.15) is 0 Å². The van der Waals surface area contributed by atoms with E-state index in [2.05, 4.69) is 39.0 Å². The van der Waals surface area contributed by atoms with Crippen LogP contribution in [0.25, 0.3) is 0 Å². The fourth-order valence-corrected chi connectivity index (χ4v) is 1.75. The summed E-state index contributed by atoms with van der Waals surface area (Å²) < 4.78 is 0. The number of hydrogen-bond donors (Lipinski definition) is 1. The van der Waals surface area contributed by atoms with Crippen molar-refractivity contribution >= 4 is 5.69 Å². The van der Waals surface area contributed by atoms with Crippen LogP contribution in [-0.4, -0.2) is 7.05 Å². The molecule has 0 aromatic heterocycles. The molecule has 0 bridgehead atoms. The van der Waals surface area contributed by atoms with Crippen molar-refractivity contribution in [1.29, 1.82) is 0 Å². The number of nitrogens with zero attached hydrogens (tertiary/aromatic N) is 1. The summed E-state index contributed by atoms with van der Waals surface area (Å²) in [6.45, 7) is 6.60. The first-order valence-electron chi connectivity index (χ1n) is 5.67. The lowest BCUT2D eigenvalue weighted by molar-refractivity contribution is 0.853. The van der Waals surface area contributed by atoms with Crippen LogP contribution in [0.1, 0.15) is 44.2 Å². The Hall–Kier alpha value is -1.02. The molecule has 0 saturated heterocycles.